The van der Waals surface area contributed by atoms with Crippen molar-refractivity contribution < 1.29 is 39.3 Å². The van der Waals surface area contributed by atoms with Gasteiger partial charge in [-0.1, -0.05) is 95.7 Å². The summed E-state index contributed by atoms with van der Waals surface area (Å²) in [6.45, 7) is 10.3. The first-order chi connectivity index (χ1) is 24.2. The molecule has 12 nitrogen and oxygen atoms in total. The Balaban J connectivity index is 0.000000835. The number of pyridine rings is 2. The second-order valence-electron chi connectivity index (χ2n) is 11.3. The first-order valence-corrected chi connectivity index (χ1v) is 17.6. The van der Waals surface area contributed by atoms with E-state index in [1.807, 2.05) is 47.9 Å². The molecule has 4 rings (SSSR count). The minimum absolute atomic E-state index is 0. The molecule has 2 aliphatic rings. The van der Waals surface area contributed by atoms with E-state index in [0.29, 0.717) is 11.6 Å². The molecule has 2 aromatic rings. The molecule has 2 N–H and O–H groups in total. The summed E-state index contributed by atoms with van der Waals surface area (Å²) >= 11 is 7.40. The minimum atomic E-state index is -0.934. The van der Waals surface area contributed by atoms with Gasteiger partial charge >= 0.3 is 31.4 Å². The van der Waals surface area contributed by atoms with E-state index in [4.69, 9.17) is 20.9 Å². The summed E-state index contributed by atoms with van der Waals surface area (Å²) in [5, 5.41) is 35.0. The zero-order valence-corrected chi connectivity index (χ0v) is 32.7. The quantitative estimate of drug-likeness (QED) is 0.0281. The van der Waals surface area contributed by atoms with Crippen molar-refractivity contribution >= 4 is 53.6 Å². The summed E-state index contributed by atoms with van der Waals surface area (Å²) in [4.78, 5) is 38.4. The molecule has 2 aliphatic heterocycles. The van der Waals surface area contributed by atoms with Crippen LogP contribution in [0, 0.1) is 24.0 Å². The van der Waals surface area contributed by atoms with Crippen LogP contribution in [0.4, 0.5) is 11.6 Å². The van der Waals surface area contributed by atoms with Crippen molar-refractivity contribution in [3.8, 4) is 5.40 Å². The average molecular weight is 822 g/mol. The molecular weight excluding hydrogens is 774 g/mol. The molecule has 0 fully saturated rings. The van der Waals surface area contributed by atoms with Crippen molar-refractivity contribution in [1.82, 2.24) is 19.8 Å². The fraction of sp³-hybridized carbons (Fsp3) is 0.444. The number of anilines is 2. The van der Waals surface area contributed by atoms with Gasteiger partial charge in [0.05, 0.1) is 11.1 Å². The fourth-order valence-corrected chi connectivity index (χ4v) is 4.86. The van der Waals surface area contributed by atoms with Crippen molar-refractivity contribution in [2.24, 2.45) is 0 Å². The Morgan fingerprint density at radius 3 is 1.43 bits per heavy atom. The fourth-order valence-electron chi connectivity index (χ4n) is 4.86. The summed E-state index contributed by atoms with van der Waals surface area (Å²) in [6.07, 6.45) is 26.2. The van der Waals surface area contributed by atoms with Crippen molar-refractivity contribution in [2.45, 2.75) is 90.9 Å². The number of aromatic nitrogens is 2. The van der Waals surface area contributed by atoms with Crippen LogP contribution >= 0.6 is 12.2 Å². The van der Waals surface area contributed by atoms with Crippen LogP contribution in [-0.4, -0.2) is 60.2 Å². The van der Waals surface area contributed by atoms with E-state index in [0.717, 1.165) is 13.1 Å². The monoisotopic (exact) mass is 822 g/mol. The van der Waals surface area contributed by atoms with Gasteiger partial charge < -0.3 is 47.9 Å². The number of carboxylic acids is 2. The molecule has 0 spiro atoms. The van der Waals surface area contributed by atoms with Gasteiger partial charge in [0.2, 0.25) is 0 Å². The van der Waals surface area contributed by atoms with E-state index in [1.54, 1.807) is 12.1 Å². The maximum atomic E-state index is 11.0. The molecule has 0 aromatic carbocycles. The zero-order chi connectivity index (χ0) is 37.0. The summed E-state index contributed by atoms with van der Waals surface area (Å²) in [5.74, 6) is -0.616. The standard InChI is InChI=1S/2C17H24N3O2.CHNS.CNS.Ru/c2*1-2-3-4-5-6-7-10-19-11-12-20(14-19)16-13-15(17(21)22)8-9-18-16;2*2-1-3;/h2*8-9,11-14H,2-7,10H2,1H3,(H,21,22);3H;;/q2*-1;;-1;+4/p-1. The number of nitriles is 1. The summed E-state index contributed by atoms with van der Waals surface area (Å²) in [7, 11) is 0. The molecule has 2 aromatic heterocycles. The van der Waals surface area contributed by atoms with Crippen LogP contribution in [0.2, 0.25) is 0 Å². The maximum absolute atomic E-state index is 11.0. The summed E-state index contributed by atoms with van der Waals surface area (Å²) in [6, 6.07) is 6.16. The molecule has 0 radical (unpaired) electrons. The van der Waals surface area contributed by atoms with Crippen LogP contribution in [0.15, 0.2) is 61.5 Å². The van der Waals surface area contributed by atoms with Gasteiger partial charge in [0.25, 0.3) is 0 Å². The molecular formula is C36H48N8O4RuS2. The number of carbonyl (C=O) groups is 2. The molecule has 0 amide bonds. The molecule has 0 aliphatic carbocycles. The number of rotatable bonds is 18. The van der Waals surface area contributed by atoms with E-state index in [1.165, 1.54) is 112 Å². The Hall–Kier alpha value is -3.95. The second-order valence-corrected chi connectivity index (χ2v) is 11.6. The van der Waals surface area contributed by atoms with Crippen LogP contribution in [0.5, 0.6) is 0 Å². The first-order valence-electron chi connectivity index (χ1n) is 16.8. The van der Waals surface area contributed by atoms with Crippen LogP contribution in [0.3, 0.4) is 0 Å². The molecule has 51 heavy (non-hydrogen) atoms. The number of carboxylic acid groups (broad SMARTS) is 2. The minimum Gasteiger partial charge on any atom is -0.753 e. The van der Waals surface area contributed by atoms with E-state index in [9.17, 15) is 9.59 Å². The Bertz CT molecular complexity index is 1330. The van der Waals surface area contributed by atoms with Gasteiger partial charge in [0.15, 0.2) is 0 Å². The van der Waals surface area contributed by atoms with E-state index < -0.39 is 11.9 Å². The normalized spacial score (nSPS) is 12.3. The smallest absolute Gasteiger partial charge is 0.753 e. The van der Waals surface area contributed by atoms with Crippen molar-refractivity contribution in [2.75, 3.05) is 22.9 Å². The molecule has 0 atom stereocenters. The van der Waals surface area contributed by atoms with E-state index in [-0.39, 0.29) is 30.6 Å². The molecule has 276 valence electrons. The van der Waals surface area contributed by atoms with Crippen LogP contribution in [0.25, 0.3) is 5.41 Å². The van der Waals surface area contributed by atoms with E-state index in [2.05, 4.69) is 58.5 Å². The van der Waals surface area contributed by atoms with Crippen molar-refractivity contribution in [3.05, 3.63) is 91.3 Å². The van der Waals surface area contributed by atoms with E-state index >= 15 is 0 Å². The number of thiocarbonyl (C=S) groups is 1. The first kappa shape index (κ1) is 47.1. The number of hydrogen-bond donors (Lipinski definition) is 2. The van der Waals surface area contributed by atoms with Gasteiger partial charge in [0, 0.05) is 12.4 Å². The average Bonchev–Trinajstić information content (AvgIpc) is 3.79. The number of unbranched alkanes of at least 4 members (excludes halogenated alkanes) is 10. The number of aromatic carboxylic acids is 2. The van der Waals surface area contributed by atoms with Gasteiger partial charge in [-0.15, -0.1) is 13.3 Å². The second kappa shape index (κ2) is 29.8. The Morgan fingerprint density at radius 1 is 0.765 bits per heavy atom. The predicted octanol–water partition coefficient (Wildman–Crippen LogP) is 8.38. The van der Waals surface area contributed by atoms with Gasteiger partial charge in [-0.3, -0.25) is 0 Å². The van der Waals surface area contributed by atoms with Gasteiger partial charge in [-0.05, 0) is 75.0 Å². The third kappa shape index (κ3) is 20.5. The maximum Gasteiger partial charge on any atom is 4.00 e. The van der Waals surface area contributed by atoms with Gasteiger partial charge in [-0.2, -0.15) is 5.16 Å². The molecule has 15 heteroatoms. The zero-order valence-electron chi connectivity index (χ0n) is 29.3. The van der Waals surface area contributed by atoms with Gasteiger partial charge in [-0.25, -0.2) is 24.8 Å². The third-order valence-corrected chi connectivity index (χ3v) is 7.44. The van der Waals surface area contributed by atoms with Crippen LogP contribution < -0.4 is 9.80 Å². The van der Waals surface area contributed by atoms with Crippen molar-refractivity contribution in [1.29, 1.82) is 5.26 Å². The van der Waals surface area contributed by atoms with Crippen LogP contribution in [0.1, 0.15) is 112 Å². The molecule has 4 heterocycles. The Kier molecular flexibility index (Phi) is 27.4. The summed E-state index contributed by atoms with van der Waals surface area (Å²) < 4.78 is 0. The SMILES string of the molecule is CCCCCCCCN1C=CN(c2cc(C(=O)O)ccn2)[CH-]1.CCCCCCCCN1C=CN(c2cc(C(=O)O)ccn2)[CH-]1.N#C[S-].[N-]=C=S.[Ru+4]. The number of thiocyanates is 1. The molecule has 0 bridgehead atoms. The Morgan fingerprint density at radius 2 is 1.10 bits per heavy atom. The molecule has 0 saturated heterocycles. The topological polar surface area (TPSA) is 159 Å². The third-order valence-electron chi connectivity index (χ3n) is 7.44. The molecule has 0 saturated carbocycles. The largest absolute Gasteiger partial charge is 4.00 e. The van der Waals surface area contributed by atoms with Crippen LogP contribution in [-0.2, 0) is 32.1 Å². The Labute approximate surface area is 326 Å². The number of isothiocyanates is 1. The number of hydrogen-bond acceptors (Lipinski definition) is 11. The van der Waals surface area contributed by atoms with Crippen molar-refractivity contribution in [3.63, 3.8) is 0 Å². The number of nitrogens with zero attached hydrogens (tertiary/aromatic N) is 8. The summed E-state index contributed by atoms with van der Waals surface area (Å²) in [5.41, 5.74) is 0.502. The van der Waals surface area contributed by atoms with Gasteiger partial charge in [0.1, 0.15) is 11.6 Å². The predicted molar refractivity (Wildman–Crippen MR) is 203 cm³/mol. The molecule has 0 unspecified atom stereocenters.